The van der Waals surface area contributed by atoms with Crippen LogP contribution >= 0.6 is 22.7 Å². The Morgan fingerprint density at radius 2 is 2.00 bits per heavy atom. The highest BCUT2D eigenvalue weighted by Gasteiger charge is 2.15. The highest BCUT2D eigenvalue weighted by molar-refractivity contribution is 7.18. The SMILES string of the molecule is Cc1nc2ccc(NC(=O)Cn3cnc4scc(-c5ccccc5)c4c3=O)cc2s1. The number of hydrogen-bond donors (Lipinski definition) is 1. The van der Waals surface area contributed by atoms with Gasteiger partial charge in [0.1, 0.15) is 11.4 Å². The lowest BCUT2D eigenvalue weighted by atomic mass is 10.1. The smallest absolute Gasteiger partial charge is 0.263 e. The van der Waals surface area contributed by atoms with E-state index < -0.39 is 0 Å². The first kappa shape index (κ1) is 18.7. The lowest BCUT2D eigenvalue weighted by Gasteiger charge is -2.08. The van der Waals surface area contributed by atoms with E-state index in [-0.39, 0.29) is 18.0 Å². The molecule has 0 saturated heterocycles. The summed E-state index contributed by atoms with van der Waals surface area (Å²) < 4.78 is 2.36. The normalized spacial score (nSPS) is 11.2. The van der Waals surface area contributed by atoms with E-state index in [1.807, 2.05) is 60.8 Å². The summed E-state index contributed by atoms with van der Waals surface area (Å²) in [6, 6.07) is 15.3. The largest absolute Gasteiger partial charge is 0.324 e. The number of carbonyl (C=O) groups is 1. The summed E-state index contributed by atoms with van der Waals surface area (Å²) in [6.45, 7) is 1.85. The number of nitrogens with zero attached hydrogens (tertiary/aromatic N) is 3. The minimum absolute atomic E-state index is 0.106. The van der Waals surface area contributed by atoms with Gasteiger partial charge in [-0.3, -0.25) is 14.2 Å². The Bertz CT molecular complexity index is 1450. The van der Waals surface area contributed by atoms with Gasteiger partial charge < -0.3 is 5.32 Å². The zero-order valence-electron chi connectivity index (χ0n) is 16.0. The summed E-state index contributed by atoms with van der Waals surface area (Å²) in [6.07, 6.45) is 1.44. The van der Waals surface area contributed by atoms with Gasteiger partial charge in [0, 0.05) is 16.6 Å². The van der Waals surface area contributed by atoms with Crippen molar-refractivity contribution < 1.29 is 4.79 Å². The first-order valence-corrected chi connectivity index (χ1v) is 11.0. The molecule has 0 aliphatic heterocycles. The quantitative estimate of drug-likeness (QED) is 0.447. The number of thiophene rings is 1. The van der Waals surface area contributed by atoms with Gasteiger partial charge in [0.15, 0.2) is 0 Å². The molecule has 1 amide bonds. The highest BCUT2D eigenvalue weighted by Crippen LogP contribution is 2.30. The van der Waals surface area contributed by atoms with Crippen LogP contribution in [-0.2, 0) is 11.3 Å². The van der Waals surface area contributed by atoms with E-state index in [2.05, 4.69) is 15.3 Å². The van der Waals surface area contributed by atoms with Crippen LogP contribution in [0.25, 0.3) is 31.6 Å². The molecule has 3 aromatic heterocycles. The number of anilines is 1. The van der Waals surface area contributed by atoms with E-state index in [0.717, 1.165) is 26.4 Å². The zero-order valence-corrected chi connectivity index (χ0v) is 17.6. The third-order valence-electron chi connectivity index (χ3n) is 4.74. The van der Waals surface area contributed by atoms with Crippen molar-refractivity contribution in [3.63, 3.8) is 0 Å². The maximum Gasteiger partial charge on any atom is 0.263 e. The summed E-state index contributed by atoms with van der Waals surface area (Å²) in [4.78, 5) is 35.2. The summed E-state index contributed by atoms with van der Waals surface area (Å²) in [5.41, 5.74) is 3.17. The van der Waals surface area contributed by atoms with E-state index in [9.17, 15) is 9.59 Å². The molecule has 5 aromatic rings. The number of aromatic nitrogens is 3. The van der Waals surface area contributed by atoms with Gasteiger partial charge in [-0.15, -0.1) is 22.7 Å². The standard InChI is InChI=1S/C22H16N4O2S2/c1-13-24-17-8-7-15(9-18(17)30-13)25-19(27)10-26-12-23-21-20(22(26)28)16(11-29-21)14-5-3-2-4-6-14/h2-9,11-12H,10H2,1H3,(H,25,27). The number of rotatable bonds is 4. The average Bonchev–Trinajstić information content (AvgIpc) is 3.33. The van der Waals surface area contributed by atoms with Crippen LogP contribution in [0.2, 0.25) is 0 Å². The fraction of sp³-hybridized carbons (Fsp3) is 0.0909. The van der Waals surface area contributed by atoms with Gasteiger partial charge in [-0.05, 0) is 30.7 Å². The second-order valence-corrected chi connectivity index (χ2v) is 8.93. The maximum absolute atomic E-state index is 13.1. The highest BCUT2D eigenvalue weighted by atomic mass is 32.1. The van der Waals surface area contributed by atoms with Crippen molar-refractivity contribution >= 4 is 54.7 Å². The van der Waals surface area contributed by atoms with Crippen molar-refractivity contribution in [3.05, 3.63) is 75.6 Å². The van der Waals surface area contributed by atoms with E-state index in [1.54, 1.807) is 11.3 Å². The minimum atomic E-state index is -0.282. The summed E-state index contributed by atoms with van der Waals surface area (Å²) >= 11 is 3.00. The second kappa shape index (κ2) is 7.47. The Morgan fingerprint density at radius 1 is 1.17 bits per heavy atom. The molecule has 5 rings (SSSR count). The van der Waals surface area contributed by atoms with Gasteiger partial charge >= 0.3 is 0 Å². The van der Waals surface area contributed by atoms with Crippen molar-refractivity contribution in [1.82, 2.24) is 14.5 Å². The molecule has 0 atom stereocenters. The maximum atomic E-state index is 13.1. The van der Waals surface area contributed by atoms with E-state index in [0.29, 0.717) is 15.9 Å². The molecule has 30 heavy (non-hydrogen) atoms. The number of carbonyl (C=O) groups excluding carboxylic acids is 1. The predicted molar refractivity (Wildman–Crippen MR) is 122 cm³/mol. The molecule has 0 fully saturated rings. The first-order chi connectivity index (χ1) is 14.6. The Balaban J connectivity index is 1.43. The molecule has 148 valence electrons. The lowest BCUT2D eigenvalue weighted by Crippen LogP contribution is -2.27. The molecule has 0 radical (unpaired) electrons. The zero-order chi connectivity index (χ0) is 20.7. The van der Waals surface area contributed by atoms with E-state index in [4.69, 9.17) is 0 Å². The Kier molecular flexibility index (Phi) is 4.65. The third-order valence-corrected chi connectivity index (χ3v) is 6.56. The Morgan fingerprint density at radius 3 is 2.83 bits per heavy atom. The van der Waals surface area contributed by atoms with Crippen LogP contribution in [0.1, 0.15) is 5.01 Å². The summed E-state index contributed by atoms with van der Waals surface area (Å²) in [5.74, 6) is -0.282. The molecule has 1 N–H and O–H groups in total. The van der Waals surface area contributed by atoms with Gasteiger partial charge in [-0.2, -0.15) is 0 Å². The molecule has 3 heterocycles. The molecular formula is C22H16N4O2S2. The monoisotopic (exact) mass is 432 g/mol. The Labute approximate surface area is 179 Å². The molecule has 0 spiro atoms. The first-order valence-electron chi connectivity index (χ1n) is 9.27. The number of amides is 1. The van der Waals surface area contributed by atoms with Crippen molar-refractivity contribution in [1.29, 1.82) is 0 Å². The third kappa shape index (κ3) is 3.40. The number of fused-ring (bicyclic) bond motifs is 2. The van der Waals surface area contributed by atoms with E-state index in [1.165, 1.54) is 22.2 Å². The number of hydrogen-bond acceptors (Lipinski definition) is 6. The van der Waals surface area contributed by atoms with Gasteiger partial charge in [-0.1, -0.05) is 30.3 Å². The fourth-order valence-corrected chi connectivity index (χ4v) is 5.16. The molecular weight excluding hydrogens is 416 g/mol. The average molecular weight is 433 g/mol. The topological polar surface area (TPSA) is 76.9 Å². The number of aryl methyl sites for hydroxylation is 1. The second-order valence-electron chi connectivity index (χ2n) is 6.84. The van der Waals surface area contributed by atoms with Crippen molar-refractivity contribution in [3.8, 4) is 11.1 Å². The van der Waals surface area contributed by atoms with Crippen molar-refractivity contribution in [2.24, 2.45) is 0 Å². The van der Waals surface area contributed by atoms with E-state index >= 15 is 0 Å². The molecule has 0 unspecified atom stereocenters. The van der Waals surface area contributed by atoms with Gasteiger partial charge in [0.2, 0.25) is 5.91 Å². The molecule has 0 aliphatic carbocycles. The van der Waals surface area contributed by atoms with Gasteiger partial charge in [-0.25, -0.2) is 9.97 Å². The van der Waals surface area contributed by atoms with Crippen LogP contribution in [0.5, 0.6) is 0 Å². The predicted octanol–water partition coefficient (Wildman–Crippen LogP) is 4.68. The summed E-state index contributed by atoms with van der Waals surface area (Å²) in [7, 11) is 0. The van der Waals surface area contributed by atoms with Crippen LogP contribution in [0.3, 0.4) is 0 Å². The lowest BCUT2D eigenvalue weighted by molar-refractivity contribution is -0.116. The van der Waals surface area contributed by atoms with Crippen LogP contribution in [0.15, 0.2) is 65.0 Å². The van der Waals surface area contributed by atoms with Crippen LogP contribution in [-0.4, -0.2) is 20.4 Å². The van der Waals surface area contributed by atoms with Crippen LogP contribution in [0, 0.1) is 6.92 Å². The molecule has 0 saturated carbocycles. The van der Waals surface area contributed by atoms with Gasteiger partial charge in [0.05, 0.1) is 26.9 Å². The van der Waals surface area contributed by atoms with Crippen molar-refractivity contribution in [2.45, 2.75) is 13.5 Å². The Hall–Kier alpha value is -3.36. The molecule has 2 aromatic carbocycles. The minimum Gasteiger partial charge on any atom is -0.324 e. The van der Waals surface area contributed by atoms with Crippen LogP contribution in [0.4, 0.5) is 5.69 Å². The number of nitrogens with one attached hydrogen (secondary N) is 1. The molecule has 8 heteroatoms. The summed E-state index contributed by atoms with van der Waals surface area (Å²) in [5, 5.41) is 6.32. The molecule has 6 nitrogen and oxygen atoms in total. The molecule has 0 bridgehead atoms. The fourth-order valence-electron chi connectivity index (χ4n) is 3.38. The van der Waals surface area contributed by atoms with Crippen molar-refractivity contribution in [2.75, 3.05) is 5.32 Å². The molecule has 0 aliphatic rings. The van der Waals surface area contributed by atoms with Crippen LogP contribution < -0.4 is 10.9 Å². The number of benzene rings is 2. The van der Waals surface area contributed by atoms with Gasteiger partial charge in [0.25, 0.3) is 5.56 Å². The number of thiazole rings is 1.